The average Bonchev–Trinajstić information content (AvgIpc) is 2.44. The Morgan fingerprint density at radius 1 is 1.17 bits per heavy atom. The van der Waals surface area contributed by atoms with E-state index in [1.807, 2.05) is 11.8 Å². The third kappa shape index (κ3) is 7.85. The molecule has 1 heterocycles. The van der Waals surface area contributed by atoms with E-state index >= 15 is 0 Å². The molecule has 7 nitrogen and oxygen atoms in total. The Kier molecular flexibility index (Phi) is 7.32. The van der Waals surface area contributed by atoms with Gasteiger partial charge in [0.05, 0.1) is 0 Å². The lowest BCUT2D eigenvalue weighted by Gasteiger charge is -2.32. The molecule has 2 N–H and O–H groups in total. The first kappa shape index (κ1) is 19.3. The third-order valence-electron chi connectivity index (χ3n) is 3.47. The molecule has 132 valence electrons. The first-order valence-corrected chi connectivity index (χ1v) is 8.25. The second kappa shape index (κ2) is 8.74. The number of carbonyl (C=O) groups excluding carboxylic acids is 3. The molecule has 0 atom stereocenters. The van der Waals surface area contributed by atoms with Crippen molar-refractivity contribution < 1.29 is 19.1 Å². The minimum Gasteiger partial charge on any atom is -0.444 e. The molecule has 0 unspecified atom stereocenters. The molecule has 1 aliphatic heterocycles. The van der Waals surface area contributed by atoms with Gasteiger partial charge in [0, 0.05) is 25.6 Å². The van der Waals surface area contributed by atoms with Crippen molar-refractivity contribution >= 4 is 17.9 Å². The summed E-state index contributed by atoms with van der Waals surface area (Å²) in [5.74, 6) is -0.0573. The second-order valence-electron chi connectivity index (χ2n) is 6.83. The van der Waals surface area contributed by atoms with Crippen LogP contribution >= 0.6 is 0 Å². The molecular weight excluding hydrogens is 298 g/mol. The lowest BCUT2D eigenvalue weighted by molar-refractivity contribution is -0.132. The molecule has 0 aromatic rings. The third-order valence-corrected chi connectivity index (χ3v) is 3.47. The number of nitrogens with one attached hydrogen (secondary N) is 2. The fourth-order valence-electron chi connectivity index (χ4n) is 2.39. The minimum atomic E-state index is -0.604. The highest BCUT2D eigenvalue weighted by Crippen LogP contribution is 2.12. The smallest absolute Gasteiger partial charge is 0.408 e. The minimum absolute atomic E-state index is 0.0496. The van der Waals surface area contributed by atoms with Crippen LogP contribution in [-0.4, -0.2) is 54.1 Å². The molecule has 0 bridgehead atoms. The highest BCUT2D eigenvalue weighted by molar-refractivity contribution is 5.82. The van der Waals surface area contributed by atoms with Gasteiger partial charge in [0.15, 0.2) is 0 Å². The molecular formula is C16H29N3O4. The first-order valence-electron chi connectivity index (χ1n) is 8.25. The number of rotatable bonds is 5. The Bertz CT molecular complexity index is 424. The van der Waals surface area contributed by atoms with E-state index in [1.54, 1.807) is 20.8 Å². The highest BCUT2D eigenvalue weighted by atomic mass is 16.6. The Hall–Kier alpha value is -1.79. The number of hydrogen-bond donors (Lipinski definition) is 2. The summed E-state index contributed by atoms with van der Waals surface area (Å²) in [4.78, 5) is 37.0. The van der Waals surface area contributed by atoms with E-state index in [1.165, 1.54) is 0 Å². The van der Waals surface area contributed by atoms with Gasteiger partial charge in [-0.25, -0.2) is 4.79 Å². The van der Waals surface area contributed by atoms with Gasteiger partial charge in [0.1, 0.15) is 12.1 Å². The van der Waals surface area contributed by atoms with Crippen molar-refractivity contribution in [2.24, 2.45) is 0 Å². The van der Waals surface area contributed by atoms with Crippen LogP contribution in [0.15, 0.2) is 0 Å². The number of likely N-dealkylation sites (tertiary alicyclic amines) is 1. The monoisotopic (exact) mass is 327 g/mol. The number of amides is 3. The van der Waals surface area contributed by atoms with Gasteiger partial charge in [-0.1, -0.05) is 6.92 Å². The zero-order chi connectivity index (χ0) is 17.5. The van der Waals surface area contributed by atoms with Gasteiger partial charge in [0.25, 0.3) is 0 Å². The van der Waals surface area contributed by atoms with Crippen molar-refractivity contribution in [1.29, 1.82) is 0 Å². The summed E-state index contributed by atoms with van der Waals surface area (Å²) in [6.45, 7) is 8.51. The van der Waals surface area contributed by atoms with Crippen molar-refractivity contribution in [3.63, 3.8) is 0 Å². The fraction of sp³-hybridized carbons (Fsp3) is 0.812. The number of piperidine rings is 1. The molecule has 1 rings (SSSR count). The van der Waals surface area contributed by atoms with Crippen LogP contribution in [0.1, 0.15) is 53.4 Å². The van der Waals surface area contributed by atoms with Gasteiger partial charge in [-0.15, -0.1) is 0 Å². The molecule has 1 aliphatic rings. The van der Waals surface area contributed by atoms with Gasteiger partial charge in [-0.3, -0.25) is 9.59 Å². The van der Waals surface area contributed by atoms with Gasteiger partial charge >= 0.3 is 6.09 Å². The molecule has 1 fully saturated rings. The van der Waals surface area contributed by atoms with Crippen molar-refractivity contribution in [3.05, 3.63) is 0 Å². The molecule has 23 heavy (non-hydrogen) atoms. The molecule has 0 aromatic carbocycles. The summed E-state index contributed by atoms with van der Waals surface area (Å²) in [6, 6.07) is 0.0496. The Labute approximate surface area is 138 Å². The van der Waals surface area contributed by atoms with Crippen LogP contribution in [0.25, 0.3) is 0 Å². The van der Waals surface area contributed by atoms with E-state index in [4.69, 9.17) is 4.74 Å². The normalized spacial score (nSPS) is 15.9. The largest absolute Gasteiger partial charge is 0.444 e. The number of hydrogen-bond acceptors (Lipinski definition) is 4. The van der Waals surface area contributed by atoms with Crippen molar-refractivity contribution in [1.82, 2.24) is 15.5 Å². The van der Waals surface area contributed by atoms with Crippen molar-refractivity contribution in [2.45, 2.75) is 65.0 Å². The molecule has 0 radical (unpaired) electrons. The van der Waals surface area contributed by atoms with E-state index < -0.39 is 11.7 Å². The highest BCUT2D eigenvalue weighted by Gasteiger charge is 2.23. The Morgan fingerprint density at radius 2 is 1.78 bits per heavy atom. The Balaban J connectivity index is 2.24. The van der Waals surface area contributed by atoms with Crippen LogP contribution in [0.5, 0.6) is 0 Å². The maximum atomic E-state index is 11.8. The van der Waals surface area contributed by atoms with E-state index in [0.29, 0.717) is 19.5 Å². The van der Waals surface area contributed by atoms with Crippen LogP contribution in [-0.2, 0) is 14.3 Å². The van der Waals surface area contributed by atoms with E-state index in [2.05, 4.69) is 10.6 Å². The summed E-state index contributed by atoms with van der Waals surface area (Å²) >= 11 is 0. The van der Waals surface area contributed by atoms with E-state index in [-0.39, 0.29) is 24.4 Å². The van der Waals surface area contributed by atoms with Gasteiger partial charge in [-0.05, 0) is 40.0 Å². The number of nitrogens with zero attached hydrogens (tertiary/aromatic N) is 1. The SMILES string of the molecule is CCCC(=O)N1CCC(NC(=O)CNC(=O)OC(C)(C)C)CC1. The summed E-state index contributed by atoms with van der Waals surface area (Å²) in [6.07, 6.45) is 2.32. The van der Waals surface area contributed by atoms with Crippen molar-refractivity contribution in [2.75, 3.05) is 19.6 Å². The van der Waals surface area contributed by atoms with E-state index in [9.17, 15) is 14.4 Å². The zero-order valence-electron chi connectivity index (χ0n) is 14.6. The predicted molar refractivity (Wildman–Crippen MR) is 86.9 cm³/mol. The quantitative estimate of drug-likeness (QED) is 0.799. The second-order valence-corrected chi connectivity index (χ2v) is 6.83. The van der Waals surface area contributed by atoms with Crippen LogP contribution in [0.3, 0.4) is 0 Å². The van der Waals surface area contributed by atoms with E-state index in [0.717, 1.165) is 19.3 Å². The van der Waals surface area contributed by atoms with Crippen LogP contribution in [0.2, 0.25) is 0 Å². The summed E-state index contributed by atoms with van der Waals surface area (Å²) in [5, 5.41) is 5.32. The van der Waals surface area contributed by atoms with Gasteiger partial charge in [-0.2, -0.15) is 0 Å². The lowest BCUT2D eigenvalue weighted by Crippen LogP contribution is -2.49. The number of ether oxygens (including phenoxy) is 1. The van der Waals surface area contributed by atoms with Gasteiger partial charge in [0.2, 0.25) is 11.8 Å². The summed E-state index contributed by atoms with van der Waals surface area (Å²) in [7, 11) is 0. The molecule has 0 aromatic heterocycles. The van der Waals surface area contributed by atoms with Crippen LogP contribution < -0.4 is 10.6 Å². The number of carbonyl (C=O) groups is 3. The van der Waals surface area contributed by atoms with Crippen molar-refractivity contribution in [3.8, 4) is 0 Å². The summed E-state index contributed by atoms with van der Waals surface area (Å²) < 4.78 is 5.07. The molecule has 0 aliphatic carbocycles. The van der Waals surface area contributed by atoms with Crippen LogP contribution in [0.4, 0.5) is 4.79 Å². The topological polar surface area (TPSA) is 87.7 Å². The predicted octanol–water partition coefficient (Wildman–Crippen LogP) is 1.42. The summed E-state index contributed by atoms with van der Waals surface area (Å²) in [5.41, 5.74) is -0.585. The maximum Gasteiger partial charge on any atom is 0.408 e. The van der Waals surface area contributed by atoms with Gasteiger partial charge < -0.3 is 20.3 Å². The fourth-order valence-corrected chi connectivity index (χ4v) is 2.39. The first-order chi connectivity index (χ1) is 10.7. The number of alkyl carbamates (subject to hydrolysis) is 1. The molecule has 1 saturated heterocycles. The molecule has 0 saturated carbocycles. The zero-order valence-corrected chi connectivity index (χ0v) is 14.6. The lowest BCUT2D eigenvalue weighted by atomic mass is 10.0. The molecule has 0 spiro atoms. The molecule has 7 heteroatoms. The molecule has 3 amide bonds. The standard InChI is InChI=1S/C16H29N3O4/c1-5-6-14(21)19-9-7-12(8-10-19)18-13(20)11-17-15(22)23-16(2,3)4/h12H,5-11H2,1-4H3,(H,17,22)(H,18,20). The average molecular weight is 327 g/mol. The Morgan fingerprint density at radius 3 is 2.30 bits per heavy atom. The maximum absolute atomic E-state index is 11.8. The van der Waals surface area contributed by atoms with Crippen LogP contribution in [0, 0.1) is 0 Å².